The first-order valence-electron chi connectivity index (χ1n) is 8.09. The lowest BCUT2D eigenvalue weighted by Crippen LogP contribution is -2.54. The predicted molar refractivity (Wildman–Crippen MR) is 84.2 cm³/mol. The van der Waals surface area contributed by atoms with E-state index in [1.54, 1.807) is 12.4 Å². The Hall–Kier alpha value is -1.73. The van der Waals surface area contributed by atoms with Gasteiger partial charge in [0, 0.05) is 44.6 Å². The summed E-state index contributed by atoms with van der Waals surface area (Å²) in [5.74, 6) is 0.956. The van der Waals surface area contributed by atoms with Crippen LogP contribution in [0, 0.1) is 0 Å². The Labute approximate surface area is 131 Å². The molecule has 2 aliphatic rings. The molecule has 2 fully saturated rings. The van der Waals surface area contributed by atoms with Crippen LogP contribution in [0.15, 0.2) is 18.5 Å². The number of hydrogen-bond donors (Lipinski definition) is 2. The van der Waals surface area contributed by atoms with E-state index in [4.69, 9.17) is 0 Å². The summed E-state index contributed by atoms with van der Waals surface area (Å²) in [6.07, 6.45) is 6.63. The SMILES string of the molecule is CCCC1CC(C(=O)N2CCN(c3ncccn3)CC2)NN1. The fourth-order valence-electron chi connectivity index (χ4n) is 3.12. The molecule has 1 aromatic rings. The Bertz CT molecular complexity index is 488. The summed E-state index contributed by atoms with van der Waals surface area (Å²) in [7, 11) is 0. The molecule has 2 atom stereocenters. The maximum absolute atomic E-state index is 12.6. The summed E-state index contributed by atoms with van der Waals surface area (Å²) in [6.45, 7) is 5.20. The van der Waals surface area contributed by atoms with E-state index in [0.29, 0.717) is 6.04 Å². The van der Waals surface area contributed by atoms with Crippen molar-refractivity contribution in [1.82, 2.24) is 25.7 Å². The summed E-state index contributed by atoms with van der Waals surface area (Å²) in [6, 6.07) is 2.14. The van der Waals surface area contributed by atoms with Crippen molar-refractivity contribution in [2.45, 2.75) is 38.3 Å². The molecule has 2 saturated heterocycles. The van der Waals surface area contributed by atoms with Gasteiger partial charge in [0.2, 0.25) is 11.9 Å². The van der Waals surface area contributed by atoms with Crippen LogP contribution in [0.1, 0.15) is 26.2 Å². The second-order valence-corrected chi connectivity index (χ2v) is 5.92. The lowest BCUT2D eigenvalue weighted by Gasteiger charge is -2.35. The van der Waals surface area contributed by atoms with E-state index < -0.39 is 0 Å². The lowest BCUT2D eigenvalue weighted by molar-refractivity contribution is -0.133. The smallest absolute Gasteiger partial charge is 0.241 e. The van der Waals surface area contributed by atoms with Crippen LogP contribution in [-0.2, 0) is 4.79 Å². The highest BCUT2D eigenvalue weighted by atomic mass is 16.2. The zero-order valence-corrected chi connectivity index (χ0v) is 13.0. The molecule has 0 aliphatic carbocycles. The molecule has 0 saturated carbocycles. The third kappa shape index (κ3) is 3.36. The second kappa shape index (κ2) is 7.02. The van der Waals surface area contributed by atoms with Crippen molar-refractivity contribution < 1.29 is 4.79 Å². The van der Waals surface area contributed by atoms with Crippen LogP contribution in [0.3, 0.4) is 0 Å². The number of anilines is 1. The number of nitrogens with zero attached hydrogens (tertiary/aromatic N) is 4. The maximum Gasteiger partial charge on any atom is 0.241 e. The van der Waals surface area contributed by atoms with Gasteiger partial charge in [0.05, 0.1) is 0 Å². The number of amides is 1. The van der Waals surface area contributed by atoms with Crippen molar-refractivity contribution in [1.29, 1.82) is 0 Å². The standard InChI is InChI=1S/C15H24N6O/c1-2-4-12-11-13(19-18-12)14(22)20-7-9-21(10-8-20)15-16-5-3-6-17-15/h3,5-6,12-13,18-19H,2,4,7-11H2,1H3. The van der Waals surface area contributed by atoms with Crippen molar-refractivity contribution in [3.63, 3.8) is 0 Å². The largest absolute Gasteiger partial charge is 0.338 e. The molecule has 3 rings (SSSR count). The van der Waals surface area contributed by atoms with Crippen LogP contribution in [0.25, 0.3) is 0 Å². The summed E-state index contributed by atoms with van der Waals surface area (Å²) >= 11 is 0. The molecule has 22 heavy (non-hydrogen) atoms. The van der Waals surface area contributed by atoms with E-state index in [9.17, 15) is 4.79 Å². The fraction of sp³-hybridized carbons (Fsp3) is 0.667. The Kier molecular flexibility index (Phi) is 4.84. The number of carbonyl (C=O) groups is 1. The first-order chi connectivity index (χ1) is 10.8. The summed E-state index contributed by atoms with van der Waals surface area (Å²) in [5, 5.41) is 0. The molecule has 7 heteroatoms. The monoisotopic (exact) mass is 304 g/mol. The highest BCUT2D eigenvalue weighted by Crippen LogP contribution is 2.15. The summed E-state index contributed by atoms with van der Waals surface area (Å²) in [4.78, 5) is 25.2. The van der Waals surface area contributed by atoms with E-state index in [0.717, 1.165) is 51.4 Å². The van der Waals surface area contributed by atoms with Crippen molar-refractivity contribution in [3.05, 3.63) is 18.5 Å². The predicted octanol–water partition coefficient (Wildman–Crippen LogP) is 0.160. The number of hydrazine groups is 1. The number of hydrogen-bond acceptors (Lipinski definition) is 6. The van der Waals surface area contributed by atoms with Gasteiger partial charge in [0.1, 0.15) is 6.04 Å². The second-order valence-electron chi connectivity index (χ2n) is 5.92. The molecule has 7 nitrogen and oxygen atoms in total. The highest BCUT2D eigenvalue weighted by molar-refractivity contribution is 5.82. The fourth-order valence-corrected chi connectivity index (χ4v) is 3.12. The molecule has 2 unspecified atom stereocenters. The average Bonchev–Trinajstić information content (AvgIpc) is 3.04. The average molecular weight is 304 g/mol. The van der Waals surface area contributed by atoms with Crippen molar-refractivity contribution in [3.8, 4) is 0 Å². The quantitative estimate of drug-likeness (QED) is 0.825. The van der Waals surface area contributed by atoms with Gasteiger partial charge in [-0.05, 0) is 18.9 Å². The number of aromatic nitrogens is 2. The molecule has 2 N–H and O–H groups in total. The van der Waals surface area contributed by atoms with E-state index >= 15 is 0 Å². The van der Waals surface area contributed by atoms with Crippen LogP contribution in [0.5, 0.6) is 0 Å². The zero-order chi connectivity index (χ0) is 15.4. The Balaban J connectivity index is 1.50. The Morgan fingerprint density at radius 1 is 1.23 bits per heavy atom. The number of carbonyl (C=O) groups excluding carboxylic acids is 1. The van der Waals surface area contributed by atoms with Crippen LogP contribution in [-0.4, -0.2) is 59.0 Å². The van der Waals surface area contributed by atoms with Gasteiger partial charge < -0.3 is 9.80 Å². The third-order valence-corrected chi connectivity index (χ3v) is 4.34. The topological polar surface area (TPSA) is 73.4 Å². The van der Waals surface area contributed by atoms with Gasteiger partial charge in [0.25, 0.3) is 0 Å². The molecule has 0 bridgehead atoms. The molecular weight excluding hydrogens is 280 g/mol. The molecule has 0 spiro atoms. The Morgan fingerprint density at radius 2 is 1.95 bits per heavy atom. The van der Waals surface area contributed by atoms with Gasteiger partial charge in [0.15, 0.2) is 0 Å². The van der Waals surface area contributed by atoms with Crippen molar-refractivity contribution >= 4 is 11.9 Å². The first kappa shape index (κ1) is 15.2. The number of piperazine rings is 1. The van der Waals surface area contributed by atoms with Gasteiger partial charge >= 0.3 is 0 Å². The minimum absolute atomic E-state index is 0.0870. The minimum atomic E-state index is -0.0870. The van der Waals surface area contributed by atoms with Crippen LogP contribution in [0.2, 0.25) is 0 Å². The van der Waals surface area contributed by atoms with E-state index in [1.807, 2.05) is 11.0 Å². The normalized spacial score (nSPS) is 25.5. The lowest BCUT2D eigenvalue weighted by atomic mass is 10.1. The molecule has 2 aliphatic heterocycles. The van der Waals surface area contributed by atoms with Gasteiger partial charge in [-0.3, -0.25) is 10.2 Å². The zero-order valence-electron chi connectivity index (χ0n) is 13.0. The van der Waals surface area contributed by atoms with Gasteiger partial charge in [-0.25, -0.2) is 15.4 Å². The highest BCUT2D eigenvalue weighted by Gasteiger charge is 2.33. The minimum Gasteiger partial charge on any atom is -0.338 e. The number of nitrogens with one attached hydrogen (secondary N) is 2. The molecule has 1 amide bonds. The van der Waals surface area contributed by atoms with E-state index in [1.165, 1.54) is 0 Å². The van der Waals surface area contributed by atoms with Crippen LogP contribution in [0.4, 0.5) is 5.95 Å². The summed E-state index contributed by atoms with van der Waals surface area (Å²) < 4.78 is 0. The van der Waals surface area contributed by atoms with Crippen molar-refractivity contribution in [2.75, 3.05) is 31.1 Å². The maximum atomic E-state index is 12.6. The van der Waals surface area contributed by atoms with Gasteiger partial charge in [-0.2, -0.15) is 0 Å². The third-order valence-electron chi connectivity index (χ3n) is 4.34. The van der Waals surface area contributed by atoms with Gasteiger partial charge in [-0.15, -0.1) is 0 Å². The van der Waals surface area contributed by atoms with Gasteiger partial charge in [-0.1, -0.05) is 13.3 Å². The summed E-state index contributed by atoms with van der Waals surface area (Å²) in [5.41, 5.74) is 6.39. The van der Waals surface area contributed by atoms with Crippen LogP contribution < -0.4 is 15.8 Å². The molecular formula is C15H24N6O. The van der Waals surface area contributed by atoms with Crippen LogP contribution >= 0.6 is 0 Å². The first-order valence-corrected chi connectivity index (χ1v) is 8.09. The molecule has 1 aromatic heterocycles. The molecule has 120 valence electrons. The molecule has 0 aromatic carbocycles. The van der Waals surface area contributed by atoms with E-state index in [-0.39, 0.29) is 11.9 Å². The van der Waals surface area contributed by atoms with E-state index in [2.05, 4.69) is 32.6 Å². The molecule has 3 heterocycles. The van der Waals surface area contributed by atoms with Crippen molar-refractivity contribution in [2.24, 2.45) is 0 Å². The Morgan fingerprint density at radius 3 is 2.64 bits per heavy atom. The molecule has 0 radical (unpaired) electrons. The number of rotatable bonds is 4.